The van der Waals surface area contributed by atoms with E-state index >= 15 is 0 Å². The van der Waals surface area contributed by atoms with Gasteiger partial charge in [0, 0.05) is 10.2 Å². The van der Waals surface area contributed by atoms with Crippen LogP contribution in [0, 0.1) is 6.92 Å². The molecule has 2 rings (SSSR count). The molecule has 2 aromatic rings. The predicted octanol–water partition coefficient (Wildman–Crippen LogP) is 3.31. The lowest BCUT2D eigenvalue weighted by Crippen LogP contribution is -2.15. The molecule has 0 atom stereocenters. The van der Waals surface area contributed by atoms with E-state index in [0.717, 1.165) is 10.0 Å². The molecule has 0 aliphatic heterocycles. The Morgan fingerprint density at radius 3 is 2.71 bits per heavy atom. The van der Waals surface area contributed by atoms with E-state index in [1.54, 1.807) is 6.07 Å². The molecule has 110 valence electrons. The van der Waals surface area contributed by atoms with Crippen molar-refractivity contribution in [3.63, 3.8) is 0 Å². The van der Waals surface area contributed by atoms with Gasteiger partial charge in [0.25, 0.3) is 5.91 Å². The number of carbonyl (C=O) groups is 1. The van der Waals surface area contributed by atoms with Crippen molar-refractivity contribution in [3.8, 4) is 11.5 Å². The Hall–Kier alpha value is -2.21. The van der Waals surface area contributed by atoms with Gasteiger partial charge in [-0.15, -0.1) is 0 Å². The van der Waals surface area contributed by atoms with Gasteiger partial charge < -0.3 is 20.9 Å². The lowest BCUT2D eigenvalue weighted by molar-refractivity contribution is 0.102. The smallest absolute Gasteiger partial charge is 0.258 e. The van der Waals surface area contributed by atoms with Crippen LogP contribution in [0.25, 0.3) is 0 Å². The number of benzene rings is 2. The summed E-state index contributed by atoms with van der Waals surface area (Å²) in [7, 11) is 1.53. The molecule has 4 N–H and O–H groups in total. The van der Waals surface area contributed by atoms with Gasteiger partial charge in [0.15, 0.2) is 0 Å². The number of nitrogen functional groups attached to an aromatic ring is 1. The molecule has 0 saturated carbocycles. The number of phenolic OH excluding ortho intramolecular Hbond substituents is 1. The molecule has 0 radical (unpaired) electrons. The molecule has 0 aromatic heterocycles. The molecule has 0 bridgehead atoms. The molecule has 0 fully saturated rings. The molecule has 0 aliphatic rings. The van der Waals surface area contributed by atoms with Crippen molar-refractivity contribution in [3.05, 3.63) is 45.9 Å². The van der Waals surface area contributed by atoms with Crippen LogP contribution in [0.4, 0.5) is 11.4 Å². The maximum Gasteiger partial charge on any atom is 0.258 e. The summed E-state index contributed by atoms with van der Waals surface area (Å²) in [5, 5.41) is 12.2. The fourth-order valence-electron chi connectivity index (χ4n) is 1.96. The number of hydrogen-bond acceptors (Lipinski definition) is 4. The number of ether oxygens (including phenoxy) is 1. The number of anilines is 2. The SMILES string of the molecule is COc1cc(Br)cc(C)c1NC(=O)c1cc(O)ccc1N. The van der Waals surface area contributed by atoms with Crippen molar-refractivity contribution in [1.82, 2.24) is 0 Å². The molecule has 0 unspecified atom stereocenters. The van der Waals surface area contributed by atoms with E-state index in [2.05, 4.69) is 21.2 Å². The Morgan fingerprint density at radius 1 is 1.33 bits per heavy atom. The Kier molecular flexibility index (Phi) is 4.37. The van der Waals surface area contributed by atoms with E-state index in [1.807, 2.05) is 13.0 Å². The number of phenols is 1. The van der Waals surface area contributed by atoms with Crippen molar-refractivity contribution in [2.45, 2.75) is 6.92 Å². The van der Waals surface area contributed by atoms with Crippen LogP contribution in [0.2, 0.25) is 0 Å². The van der Waals surface area contributed by atoms with Crippen LogP contribution >= 0.6 is 15.9 Å². The van der Waals surface area contributed by atoms with E-state index in [9.17, 15) is 9.90 Å². The second-order valence-corrected chi connectivity index (χ2v) is 5.44. The second kappa shape index (κ2) is 6.05. The van der Waals surface area contributed by atoms with Crippen LogP contribution in [0.3, 0.4) is 0 Å². The first-order chi connectivity index (χ1) is 9.92. The summed E-state index contributed by atoms with van der Waals surface area (Å²) in [5.41, 5.74) is 7.67. The monoisotopic (exact) mass is 350 g/mol. The number of rotatable bonds is 3. The van der Waals surface area contributed by atoms with Crippen molar-refractivity contribution < 1.29 is 14.6 Å². The molecule has 2 aromatic carbocycles. The average molecular weight is 351 g/mol. The molecule has 0 aliphatic carbocycles. The van der Waals surface area contributed by atoms with Crippen LogP contribution < -0.4 is 15.8 Å². The summed E-state index contributed by atoms with van der Waals surface area (Å²) < 4.78 is 6.13. The summed E-state index contributed by atoms with van der Waals surface area (Å²) >= 11 is 3.37. The summed E-state index contributed by atoms with van der Waals surface area (Å²) in [6, 6.07) is 7.86. The third kappa shape index (κ3) is 3.28. The number of carbonyl (C=O) groups excluding carboxylic acids is 1. The van der Waals surface area contributed by atoms with Gasteiger partial charge in [-0.2, -0.15) is 0 Å². The highest BCUT2D eigenvalue weighted by Gasteiger charge is 2.15. The summed E-state index contributed by atoms with van der Waals surface area (Å²) in [6.45, 7) is 1.86. The molecule has 0 spiro atoms. The molecule has 6 heteroatoms. The molecular weight excluding hydrogens is 336 g/mol. The van der Waals surface area contributed by atoms with E-state index in [4.69, 9.17) is 10.5 Å². The van der Waals surface area contributed by atoms with Crippen molar-refractivity contribution in [2.24, 2.45) is 0 Å². The van der Waals surface area contributed by atoms with Gasteiger partial charge in [-0.3, -0.25) is 4.79 Å². The summed E-state index contributed by atoms with van der Waals surface area (Å²) in [5.74, 6) is 0.106. The Balaban J connectivity index is 2.38. The quantitative estimate of drug-likeness (QED) is 0.585. The number of nitrogens with one attached hydrogen (secondary N) is 1. The number of nitrogens with two attached hydrogens (primary N) is 1. The fourth-order valence-corrected chi connectivity index (χ4v) is 2.51. The fraction of sp³-hybridized carbons (Fsp3) is 0.133. The first kappa shape index (κ1) is 15.2. The van der Waals surface area contributed by atoms with Crippen LogP contribution in [0.15, 0.2) is 34.8 Å². The molecule has 0 saturated heterocycles. The molecular formula is C15H15BrN2O3. The predicted molar refractivity (Wildman–Crippen MR) is 85.9 cm³/mol. The zero-order chi connectivity index (χ0) is 15.6. The number of methoxy groups -OCH3 is 1. The number of amides is 1. The standard InChI is InChI=1S/C15H15BrN2O3/c1-8-5-9(16)6-13(21-2)14(8)18-15(20)11-7-10(19)3-4-12(11)17/h3-7,19H,17H2,1-2H3,(H,18,20). The zero-order valence-corrected chi connectivity index (χ0v) is 13.2. The van der Waals surface area contributed by atoms with Gasteiger partial charge in [-0.25, -0.2) is 0 Å². The van der Waals surface area contributed by atoms with Gasteiger partial charge in [0.2, 0.25) is 0 Å². The largest absolute Gasteiger partial charge is 0.508 e. The van der Waals surface area contributed by atoms with Crippen molar-refractivity contribution in [1.29, 1.82) is 0 Å². The number of hydrogen-bond donors (Lipinski definition) is 3. The summed E-state index contributed by atoms with van der Waals surface area (Å²) in [4.78, 5) is 12.3. The topological polar surface area (TPSA) is 84.6 Å². The zero-order valence-electron chi connectivity index (χ0n) is 11.6. The maximum absolute atomic E-state index is 12.3. The van der Waals surface area contributed by atoms with Crippen LogP contribution in [-0.2, 0) is 0 Å². The number of halogens is 1. The van der Waals surface area contributed by atoms with Crippen LogP contribution in [-0.4, -0.2) is 18.1 Å². The minimum atomic E-state index is -0.410. The highest BCUT2D eigenvalue weighted by atomic mass is 79.9. The lowest BCUT2D eigenvalue weighted by Gasteiger charge is -2.14. The second-order valence-electron chi connectivity index (χ2n) is 4.53. The molecule has 5 nitrogen and oxygen atoms in total. The normalized spacial score (nSPS) is 10.2. The lowest BCUT2D eigenvalue weighted by atomic mass is 10.1. The average Bonchev–Trinajstić information content (AvgIpc) is 2.43. The molecule has 0 heterocycles. The first-order valence-electron chi connectivity index (χ1n) is 6.16. The number of aryl methyl sites for hydroxylation is 1. The highest BCUT2D eigenvalue weighted by molar-refractivity contribution is 9.10. The Morgan fingerprint density at radius 2 is 2.05 bits per heavy atom. The van der Waals surface area contributed by atoms with Gasteiger partial charge >= 0.3 is 0 Å². The third-order valence-corrected chi connectivity index (χ3v) is 3.46. The third-order valence-electron chi connectivity index (χ3n) is 3.00. The van der Waals surface area contributed by atoms with Gasteiger partial charge in [0.1, 0.15) is 11.5 Å². The van der Waals surface area contributed by atoms with Gasteiger partial charge in [0.05, 0.1) is 18.4 Å². The van der Waals surface area contributed by atoms with Crippen LogP contribution in [0.1, 0.15) is 15.9 Å². The van der Waals surface area contributed by atoms with E-state index in [0.29, 0.717) is 17.1 Å². The van der Waals surface area contributed by atoms with Crippen molar-refractivity contribution >= 4 is 33.2 Å². The summed E-state index contributed by atoms with van der Waals surface area (Å²) in [6.07, 6.45) is 0. The van der Waals surface area contributed by atoms with Crippen LogP contribution in [0.5, 0.6) is 11.5 Å². The van der Waals surface area contributed by atoms with E-state index in [-0.39, 0.29) is 11.3 Å². The Bertz CT molecular complexity index is 702. The van der Waals surface area contributed by atoms with Crippen molar-refractivity contribution in [2.75, 3.05) is 18.2 Å². The minimum absolute atomic E-state index is 0.0196. The maximum atomic E-state index is 12.3. The molecule has 1 amide bonds. The minimum Gasteiger partial charge on any atom is -0.508 e. The first-order valence-corrected chi connectivity index (χ1v) is 6.95. The van der Waals surface area contributed by atoms with Gasteiger partial charge in [-0.05, 0) is 42.8 Å². The van der Waals surface area contributed by atoms with E-state index < -0.39 is 5.91 Å². The van der Waals surface area contributed by atoms with E-state index in [1.165, 1.54) is 25.3 Å². The van der Waals surface area contributed by atoms with Gasteiger partial charge in [-0.1, -0.05) is 15.9 Å². The highest BCUT2D eigenvalue weighted by Crippen LogP contribution is 2.33. The molecule has 21 heavy (non-hydrogen) atoms. The number of aromatic hydroxyl groups is 1. The Labute approximate surface area is 130 Å².